The zero-order valence-corrected chi connectivity index (χ0v) is 14.6. The van der Waals surface area contributed by atoms with Gasteiger partial charge in [-0.25, -0.2) is 5.43 Å². The first-order valence-electron chi connectivity index (χ1n) is 8.65. The van der Waals surface area contributed by atoms with Gasteiger partial charge in [-0.3, -0.25) is 19.8 Å². The van der Waals surface area contributed by atoms with Crippen molar-refractivity contribution in [3.8, 4) is 5.75 Å². The summed E-state index contributed by atoms with van der Waals surface area (Å²) < 4.78 is 5.67. The normalized spacial score (nSPS) is 15.1. The summed E-state index contributed by atoms with van der Waals surface area (Å²) in [4.78, 5) is 24.5. The van der Waals surface area contributed by atoms with Crippen LogP contribution in [-0.4, -0.2) is 40.1 Å². The van der Waals surface area contributed by atoms with Crippen LogP contribution in [0.4, 0.5) is 5.69 Å². The number of carbonyl (C=O) groups is 1. The van der Waals surface area contributed by atoms with Crippen molar-refractivity contribution >= 4 is 17.8 Å². The Hall–Kier alpha value is -3.20. The van der Waals surface area contributed by atoms with E-state index in [0.717, 1.165) is 43.6 Å². The minimum atomic E-state index is -0.757. The molecule has 1 aliphatic rings. The number of nitro groups is 1. The number of rotatable bonds is 6. The van der Waals surface area contributed by atoms with Gasteiger partial charge in [0, 0.05) is 12.1 Å². The number of phenolic OH excluding ortho intramolecular Hbond substituents is 1. The number of nitrogens with zero attached hydrogens (tertiary/aromatic N) is 3. The fraction of sp³-hybridized carbons (Fsp3) is 0.333. The molecule has 1 aromatic heterocycles. The molecule has 2 N–H and O–H groups in total. The topological polar surface area (TPSA) is 121 Å². The number of aromatic hydroxyl groups is 1. The summed E-state index contributed by atoms with van der Waals surface area (Å²) in [5.41, 5.74) is 1.70. The molecule has 0 radical (unpaired) electrons. The molecule has 1 amide bonds. The summed E-state index contributed by atoms with van der Waals surface area (Å²) in [5, 5.41) is 24.3. The first-order chi connectivity index (χ1) is 13.0. The lowest BCUT2D eigenvalue weighted by Crippen LogP contribution is -2.28. The average Bonchev–Trinajstić information content (AvgIpc) is 3.09. The Kier molecular flexibility index (Phi) is 5.82. The second-order valence-electron chi connectivity index (χ2n) is 6.30. The highest BCUT2D eigenvalue weighted by atomic mass is 16.6. The van der Waals surface area contributed by atoms with Crippen molar-refractivity contribution in [3.05, 3.63) is 57.5 Å². The Balaban J connectivity index is 1.58. The van der Waals surface area contributed by atoms with Crippen molar-refractivity contribution in [3.63, 3.8) is 0 Å². The molecule has 0 spiro atoms. The molecule has 1 fully saturated rings. The number of nitrogens with one attached hydrogen (secondary N) is 1. The molecule has 0 atom stereocenters. The first-order valence-corrected chi connectivity index (χ1v) is 8.65. The Morgan fingerprint density at radius 2 is 2.07 bits per heavy atom. The van der Waals surface area contributed by atoms with E-state index in [1.165, 1.54) is 25.5 Å². The second-order valence-corrected chi connectivity index (χ2v) is 6.30. The predicted molar refractivity (Wildman–Crippen MR) is 97.7 cm³/mol. The molecule has 2 aromatic rings. The molecule has 1 aliphatic heterocycles. The number of hydrogen-bond acceptors (Lipinski definition) is 7. The minimum Gasteiger partial charge on any atom is -0.507 e. The molecule has 2 heterocycles. The number of phenols is 1. The molecule has 9 nitrogen and oxygen atoms in total. The van der Waals surface area contributed by atoms with Crippen LogP contribution in [0.3, 0.4) is 0 Å². The Morgan fingerprint density at radius 3 is 2.81 bits per heavy atom. The molecule has 0 aliphatic carbocycles. The fourth-order valence-corrected chi connectivity index (χ4v) is 2.92. The lowest BCUT2D eigenvalue weighted by Gasteiger charge is -2.25. The maximum atomic E-state index is 12.1. The van der Waals surface area contributed by atoms with Gasteiger partial charge in [0.1, 0.15) is 17.3 Å². The first kappa shape index (κ1) is 18.6. The number of non-ortho nitro benzene ring substituents is 1. The van der Waals surface area contributed by atoms with Crippen LogP contribution in [0.15, 0.2) is 39.9 Å². The van der Waals surface area contributed by atoms with Gasteiger partial charge in [0.15, 0.2) is 0 Å². The predicted octanol–water partition coefficient (Wildman–Crippen LogP) is 2.64. The number of likely N-dealkylation sites (tertiary alicyclic amines) is 1. The smallest absolute Gasteiger partial charge is 0.275 e. The zero-order valence-electron chi connectivity index (χ0n) is 14.6. The van der Waals surface area contributed by atoms with Crippen LogP contribution in [0.2, 0.25) is 0 Å². The maximum Gasteiger partial charge on any atom is 0.275 e. The van der Waals surface area contributed by atoms with Crippen LogP contribution in [-0.2, 0) is 6.54 Å². The molecule has 0 saturated carbocycles. The summed E-state index contributed by atoms with van der Waals surface area (Å²) >= 11 is 0. The number of nitro benzene ring substituents is 1. The van der Waals surface area contributed by atoms with E-state index in [1.807, 2.05) is 6.07 Å². The molecule has 142 valence electrons. The van der Waals surface area contributed by atoms with Gasteiger partial charge in [0.25, 0.3) is 11.6 Å². The molecule has 0 unspecified atom stereocenters. The fourth-order valence-electron chi connectivity index (χ4n) is 2.92. The average molecular weight is 372 g/mol. The van der Waals surface area contributed by atoms with Crippen LogP contribution in [0.5, 0.6) is 5.75 Å². The van der Waals surface area contributed by atoms with E-state index >= 15 is 0 Å². The van der Waals surface area contributed by atoms with E-state index < -0.39 is 10.8 Å². The third kappa shape index (κ3) is 4.91. The van der Waals surface area contributed by atoms with E-state index in [4.69, 9.17) is 4.42 Å². The number of piperidine rings is 1. The van der Waals surface area contributed by atoms with Crippen LogP contribution in [0.1, 0.15) is 41.1 Å². The number of hydrazone groups is 1. The van der Waals surface area contributed by atoms with Crippen LogP contribution < -0.4 is 5.43 Å². The number of amides is 1. The minimum absolute atomic E-state index is 0.230. The molecular formula is C18H20N4O5. The maximum absolute atomic E-state index is 12.1. The van der Waals surface area contributed by atoms with Crippen molar-refractivity contribution < 1.29 is 19.2 Å². The third-order valence-corrected chi connectivity index (χ3v) is 4.30. The summed E-state index contributed by atoms with van der Waals surface area (Å²) in [6, 6.07) is 6.81. The molecule has 1 saturated heterocycles. The highest BCUT2D eigenvalue weighted by Gasteiger charge is 2.16. The van der Waals surface area contributed by atoms with Gasteiger partial charge >= 0.3 is 0 Å². The van der Waals surface area contributed by atoms with Gasteiger partial charge in [-0.15, -0.1) is 0 Å². The zero-order chi connectivity index (χ0) is 19.2. The lowest BCUT2D eigenvalue weighted by molar-refractivity contribution is -0.384. The number of carbonyl (C=O) groups excluding carboxylic acids is 1. The van der Waals surface area contributed by atoms with E-state index in [-0.39, 0.29) is 17.0 Å². The molecule has 27 heavy (non-hydrogen) atoms. The van der Waals surface area contributed by atoms with Crippen LogP contribution in [0.25, 0.3) is 0 Å². The molecule has 1 aromatic carbocycles. The van der Waals surface area contributed by atoms with E-state index in [9.17, 15) is 20.0 Å². The highest BCUT2D eigenvalue weighted by molar-refractivity contribution is 5.97. The van der Waals surface area contributed by atoms with Gasteiger partial charge < -0.3 is 9.52 Å². The highest BCUT2D eigenvalue weighted by Crippen LogP contribution is 2.22. The second kappa shape index (κ2) is 8.45. The monoisotopic (exact) mass is 372 g/mol. The molecule has 9 heteroatoms. The summed E-state index contributed by atoms with van der Waals surface area (Å²) in [7, 11) is 0. The lowest BCUT2D eigenvalue weighted by atomic mass is 10.1. The van der Waals surface area contributed by atoms with Crippen molar-refractivity contribution in [1.29, 1.82) is 0 Å². The number of furan rings is 1. The SMILES string of the molecule is O=C(N/N=C\c1ccc(CN2CCCCC2)o1)c1cc([N+](=O)[O-])ccc1O. The van der Waals surface area contributed by atoms with Crippen LogP contribution >= 0.6 is 0 Å². The summed E-state index contributed by atoms with van der Waals surface area (Å²) in [6.45, 7) is 2.86. The van der Waals surface area contributed by atoms with Gasteiger partial charge in [-0.1, -0.05) is 6.42 Å². The van der Waals surface area contributed by atoms with Crippen molar-refractivity contribution in [2.45, 2.75) is 25.8 Å². The Bertz CT molecular complexity index is 855. The van der Waals surface area contributed by atoms with Crippen molar-refractivity contribution in [2.24, 2.45) is 5.10 Å². The van der Waals surface area contributed by atoms with Gasteiger partial charge in [0.2, 0.25) is 0 Å². The molecule has 3 rings (SSSR count). The van der Waals surface area contributed by atoms with E-state index in [1.54, 1.807) is 6.07 Å². The summed E-state index contributed by atoms with van der Waals surface area (Å²) in [6.07, 6.45) is 5.01. The summed E-state index contributed by atoms with van der Waals surface area (Å²) in [5.74, 6) is 0.175. The van der Waals surface area contributed by atoms with Gasteiger partial charge in [-0.2, -0.15) is 5.10 Å². The van der Waals surface area contributed by atoms with E-state index in [2.05, 4.69) is 15.4 Å². The number of hydrogen-bond donors (Lipinski definition) is 2. The van der Waals surface area contributed by atoms with Gasteiger partial charge in [-0.05, 0) is 44.1 Å². The van der Waals surface area contributed by atoms with Crippen molar-refractivity contribution in [1.82, 2.24) is 10.3 Å². The number of benzene rings is 1. The standard InChI is InChI=1S/C18H20N4O5/c23-17-7-4-13(22(25)26)10-16(17)18(24)20-19-11-14-5-6-15(27-14)12-21-8-2-1-3-9-21/h4-7,10-11,23H,1-3,8-9,12H2,(H,20,24)/b19-11-. The Morgan fingerprint density at radius 1 is 1.30 bits per heavy atom. The van der Waals surface area contributed by atoms with Crippen LogP contribution in [0, 0.1) is 10.1 Å². The van der Waals surface area contributed by atoms with Gasteiger partial charge in [0.05, 0.1) is 23.2 Å². The Labute approximate surface area is 155 Å². The molecular weight excluding hydrogens is 352 g/mol. The largest absolute Gasteiger partial charge is 0.507 e. The third-order valence-electron chi connectivity index (χ3n) is 4.30. The molecule has 0 bridgehead atoms. The van der Waals surface area contributed by atoms with Crippen molar-refractivity contribution in [2.75, 3.05) is 13.1 Å². The quantitative estimate of drug-likeness (QED) is 0.457. The van der Waals surface area contributed by atoms with E-state index in [0.29, 0.717) is 5.76 Å².